The van der Waals surface area contributed by atoms with E-state index in [0.29, 0.717) is 0 Å². The first-order chi connectivity index (χ1) is 9.31. The summed E-state index contributed by atoms with van der Waals surface area (Å²) in [6, 6.07) is 17.2. The van der Waals surface area contributed by atoms with Crippen molar-refractivity contribution in [3.63, 3.8) is 0 Å². The van der Waals surface area contributed by atoms with Gasteiger partial charge in [-0.25, -0.2) is 0 Å². The van der Waals surface area contributed by atoms with Crippen molar-refractivity contribution in [1.82, 2.24) is 5.32 Å². The first-order valence-electron chi connectivity index (χ1n) is 6.62. The lowest BCUT2D eigenvalue weighted by molar-refractivity contribution is 0.490. The van der Waals surface area contributed by atoms with E-state index in [2.05, 4.69) is 60.8 Å². The molecule has 0 saturated carbocycles. The zero-order chi connectivity index (χ0) is 12.8. The predicted molar refractivity (Wildman–Crippen MR) is 76.1 cm³/mol. The van der Waals surface area contributed by atoms with Gasteiger partial charge in [0.05, 0.1) is 6.04 Å². The maximum atomic E-state index is 6.00. The summed E-state index contributed by atoms with van der Waals surface area (Å²) in [5.41, 5.74) is 4.92. The number of furan rings is 1. The van der Waals surface area contributed by atoms with Gasteiger partial charge in [0, 0.05) is 11.9 Å². The van der Waals surface area contributed by atoms with Crippen LogP contribution >= 0.6 is 0 Å². The maximum absolute atomic E-state index is 6.00. The molecule has 0 radical (unpaired) electrons. The molecule has 94 valence electrons. The Morgan fingerprint density at radius 3 is 2.95 bits per heavy atom. The van der Waals surface area contributed by atoms with E-state index in [0.717, 1.165) is 17.9 Å². The minimum absolute atomic E-state index is 0.184. The van der Waals surface area contributed by atoms with Crippen LogP contribution in [-0.2, 0) is 6.54 Å². The summed E-state index contributed by atoms with van der Waals surface area (Å²) in [6.07, 6.45) is 0. The highest BCUT2D eigenvalue weighted by molar-refractivity contribution is 5.79. The lowest BCUT2D eigenvalue weighted by Gasteiger charge is -2.08. The first kappa shape index (κ1) is 10.8. The molecule has 0 aliphatic carbocycles. The SMILES string of the molecule is Cc1ccc2oc(C3NCc4ccccc43)cc2c1. The molecule has 2 aromatic carbocycles. The number of benzene rings is 2. The van der Waals surface area contributed by atoms with Crippen LogP contribution in [0.4, 0.5) is 0 Å². The van der Waals surface area contributed by atoms with Crippen LogP contribution in [0, 0.1) is 6.92 Å². The van der Waals surface area contributed by atoms with E-state index in [4.69, 9.17) is 4.42 Å². The van der Waals surface area contributed by atoms with Crippen molar-refractivity contribution in [3.8, 4) is 0 Å². The average Bonchev–Trinajstić information content (AvgIpc) is 3.00. The van der Waals surface area contributed by atoms with Gasteiger partial charge in [-0.1, -0.05) is 35.9 Å². The summed E-state index contributed by atoms with van der Waals surface area (Å²) in [4.78, 5) is 0. The van der Waals surface area contributed by atoms with Crippen LogP contribution in [0.15, 0.2) is 52.9 Å². The Hall–Kier alpha value is -2.06. The van der Waals surface area contributed by atoms with Gasteiger partial charge in [-0.3, -0.25) is 5.32 Å². The van der Waals surface area contributed by atoms with Crippen LogP contribution in [0.1, 0.15) is 28.5 Å². The quantitative estimate of drug-likeness (QED) is 0.706. The molecule has 4 rings (SSSR count). The van der Waals surface area contributed by atoms with Gasteiger partial charge in [-0.05, 0) is 36.2 Å². The van der Waals surface area contributed by atoms with E-state index >= 15 is 0 Å². The third-order valence-corrected chi connectivity index (χ3v) is 3.84. The number of rotatable bonds is 1. The van der Waals surface area contributed by atoms with E-state index < -0.39 is 0 Å². The number of hydrogen-bond acceptors (Lipinski definition) is 2. The molecular weight excluding hydrogens is 234 g/mol. The van der Waals surface area contributed by atoms with Crippen molar-refractivity contribution in [2.75, 3.05) is 0 Å². The Labute approximate surface area is 112 Å². The van der Waals surface area contributed by atoms with Crippen molar-refractivity contribution >= 4 is 11.0 Å². The summed E-state index contributed by atoms with van der Waals surface area (Å²) in [5, 5.41) is 4.70. The van der Waals surface area contributed by atoms with E-state index in [1.807, 2.05) is 0 Å². The second-order valence-electron chi connectivity index (χ2n) is 5.20. The molecule has 0 amide bonds. The second-order valence-corrected chi connectivity index (χ2v) is 5.20. The third kappa shape index (κ3) is 1.68. The van der Waals surface area contributed by atoms with Gasteiger partial charge in [-0.15, -0.1) is 0 Å². The Bertz CT molecular complexity index is 757. The zero-order valence-electron chi connectivity index (χ0n) is 10.8. The normalized spacial score (nSPS) is 17.8. The molecule has 3 aromatic rings. The highest BCUT2D eigenvalue weighted by atomic mass is 16.3. The summed E-state index contributed by atoms with van der Waals surface area (Å²) >= 11 is 0. The van der Waals surface area contributed by atoms with Crippen molar-refractivity contribution in [2.45, 2.75) is 19.5 Å². The molecule has 1 unspecified atom stereocenters. The minimum atomic E-state index is 0.184. The molecule has 1 atom stereocenters. The van der Waals surface area contributed by atoms with Crippen LogP contribution in [0.5, 0.6) is 0 Å². The molecule has 19 heavy (non-hydrogen) atoms. The van der Waals surface area contributed by atoms with E-state index in [1.54, 1.807) is 0 Å². The fourth-order valence-corrected chi connectivity index (χ4v) is 2.88. The summed E-state index contributed by atoms with van der Waals surface area (Å²) in [6.45, 7) is 3.02. The molecule has 1 N–H and O–H groups in total. The summed E-state index contributed by atoms with van der Waals surface area (Å²) in [5.74, 6) is 1.01. The van der Waals surface area contributed by atoms with Gasteiger partial charge in [0.1, 0.15) is 11.3 Å². The molecule has 1 aliphatic rings. The smallest absolute Gasteiger partial charge is 0.134 e. The van der Waals surface area contributed by atoms with Gasteiger partial charge in [0.2, 0.25) is 0 Å². The fourth-order valence-electron chi connectivity index (χ4n) is 2.88. The number of nitrogens with one attached hydrogen (secondary N) is 1. The molecule has 2 heteroatoms. The second kappa shape index (κ2) is 3.97. The van der Waals surface area contributed by atoms with Crippen LogP contribution in [-0.4, -0.2) is 0 Å². The monoisotopic (exact) mass is 249 g/mol. The Morgan fingerprint density at radius 2 is 2.00 bits per heavy atom. The van der Waals surface area contributed by atoms with Gasteiger partial charge >= 0.3 is 0 Å². The van der Waals surface area contributed by atoms with Crippen molar-refractivity contribution < 1.29 is 4.42 Å². The summed E-state index contributed by atoms with van der Waals surface area (Å²) < 4.78 is 6.00. The lowest BCUT2D eigenvalue weighted by Crippen LogP contribution is -2.12. The standard InChI is InChI=1S/C17H15NO/c1-11-6-7-15-13(8-11)9-16(19-15)17-14-5-3-2-4-12(14)10-18-17/h2-9,17-18H,10H2,1H3. The molecule has 0 spiro atoms. The van der Waals surface area contributed by atoms with E-state index in [-0.39, 0.29) is 6.04 Å². The molecule has 1 aliphatic heterocycles. The van der Waals surface area contributed by atoms with Gasteiger partial charge < -0.3 is 4.42 Å². The fraction of sp³-hybridized carbons (Fsp3) is 0.176. The van der Waals surface area contributed by atoms with E-state index in [1.165, 1.54) is 22.1 Å². The van der Waals surface area contributed by atoms with Gasteiger partial charge in [0.15, 0.2) is 0 Å². The molecule has 2 heterocycles. The van der Waals surface area contributed by atoms with Crippen LogP contribution in [0.25, 0.3) is 11.0 Å². The molecule has 0 bridgehead atoms. The molecule has 1 aromatic heterocycles. The topological polar surface area (TPSA) is 25.2 Å². The Kier molecular flexibility index (Phi) is 2.26. The van der Waals surface area contributed by atoms with E-state index in [9.17, 15) is 0 Å². The molecule has 0 saturated heterocycles. The molecule has 0 fully saturated rings. The Morgan fingerprint density at radius 1 is 1.11 bits per heavy atom. The minimum Gasteiger partial charge on any atom is -0.459 e. The highest BCUT2D eigenvalue weighted by Crippen LogP contribution is 2.33. The molecule has 2 nitrogen and oxygen atoms in total. The van der Waals surface area contributed by atoms with Gasteiger partial charge in [-0.2, -0.15) is 0 Å². The van der Waals surface area contributed by atoms with Crippen LogP contribution in [0.2, 0.25) is 0 Å². The number of fused-ring (bicyclic) bond motifs is 2. The summed E-state index contributed by atoms with van der Waals surface area (Å²) in [7, 11) is 0. The Balaban J connectivity index is 1.83. The third-order valence-electron chi connectivity index (χ3n) is 3.84. The first-order valence-corrected chi connectivity index (χ1v) is 6.62. The van der Waals surface area contributed by atoms with Crippen molar-refractivity contribution in [3.05, 3.63) is 71.0 Å². The average molecular weight is 249 g/mol. The lowest BCUT2D eigenvalue weighted by atomic mass is 10.0. The number of hydrogen-bond donors (Lipinski definition) is 1. The van der Waals surface area contributed by atoms with Crippen LogP contribution in [0.3, 0.4) is 0 Å². The predicted octanol–water partition coefficient (Wildman–Crippen LogP) is 3.93. The van der Waals surface area contributed by atoms with Crippen molar-refractivity contribution in [2.24, 2.45) is 0 Å². The number of aryl methyl sites for hydroxylation is 1. The van der Waals surface area contributed by atoms with Crippen LogP contribution < -0.4 is 5.32 Å². The zero-order valence-corrected chi connectivity index (χ0v) is 10.8. The highest BCUT2D eigenvalue weighted by Gasteiger charge is 2.25. The van der Waals surface area contributed by atoms with Gasteiger partial charge in [0.25, 0.3) is 0 Å². The van der Waals surface area contributed by atoms with Crippen molar-refractivity contribution in [1.29, 1.82) is 0 Å². The molecular formula is C17H15NO. The maximum Gasteiger partial charge on any atom is 0.134 e. The largest absolute Gasteiger partial charge is 0.459 e.